The van der Waals surface area contributed by atoms with Crippen LogP contribution in [0, 0.1) is 0 Å². The van der Waals surface area contributed by atoms with Crippen LogP contribution in [-0.4, -0.2) is 23.2 Å². The average molecular weight is 171 g/mol. The smallest absolute Gasteiger partial charge is 0.178 e. The third-order valence-corrected chi connectivity index (χ3v) is 1.06. The Morgan fingerprint density at radius 2 is 1.91 bits per heavy atom. The Balaban J connectivity index is 3.76. The molecule has 4 heteroatoms. The van der Waals surface area contributed by atoms with Gasteiger partial charge in [0.2, 0.25) is 0 Å². The fourth-order valence-corrected chi connectivity index (χ4v) is 0.762. The molecule has 0 atom stereocenters. The summed E-state index contributed by atoms with van der Waals surface area (Å²) in [5.74, 6) is 0. The van der Waals surface area contributed by atoms with E-state index in [0.717, 1.165) is 0 Å². The van der Waals surface area contributed by atoms with Crippen LogP contribution in [0.4, 0.5) is 0 Å². The zero-order chi connectivity index (χ0) is 8.69. The highest BCUT2D eigenvalue weighted by Crippen LogP contribution is 1.82. The van der Waals surface area contributed by atoms with Crippen LogP contribution >= 0.6 is 12.2 Å². The minimum Gasteiger partial charge on any atom is -0.375 e. The first-order chi connectivity index (χ1) is 5.20. The van der Waals surface area contributed by atoms with E-state index in [4.69, 9.17) is 5.73 Å². The van der Waals surface area contributed by atoms with Crippen molar-refractivity contribution in [1.29, 1.82) is 0 Å². The highest BCUT2D eigenvalue weighted by Gasteiger charge is 1.97. The predicted molar refractivity (Wildman–Crippen MR) is 51.9 cm³/mol. The number of hydrogen-bond acceptors (Lipinski definition) is 2. The minimum atomic E-state index is 0.258. The van der Waals surface area contributed by atoms with Gasteiger partial charge < -0.3 is 5.73 Å². The molecule has 0 unspecified atom stereocenters. The number of hydrazine groups is 1. The summed E-state index contributed by atoms with van der Waals surface area (Å²) in [6, 6.07) is 0. The van der Waals surface area contributed by atoms with Crippen LogP contribution in [0.3, 0.4) is 0 Å². The summed E-state index contributed by atoms with van der Waals surface area (Å²) in [4.78, 5) is 0. The normalized spacial score (nSPS) is 9.18. The van der Waals surface area contributed by atoms with Gasteiger partial charge in [-0.15, -0.1) is 13.2 Å². The van der Waals surface area contributed by atoms with Gasteiger partial charge in [0.25, 0.3) is 0 Å². The molecule has 0 radical (unpaired) electrons. The van der Waals surface area contributed by atoms with Crippen molar-refractivity contribution >= 4 is 17.3 Å². The third kappa shape index (κ3) is 5.57. The maximum absolute atomic E-state index is 5.26. The average Bonchev–Trinajstić information content (AvgIpc) is 1.87. The summed E-state index contributed by atoms with van der Waals surface area (Å²) in [7, 11) is 0. The number of nitrogens with two attached hydrogens (primary N) is 1. The molecule has 11 heavy (non-hydrogen) atoms. The van der Waals surface area contributed by atoms with Gasteiger partial charge in [0.05, 0.1) is 0 Å². The minimum absolute atomic E-state index is 0.258. The number of thiocarbonyl (C=S) groups is 1. The molecule has 0 aromatic heterocycles. The SMILES string of the molecule is C=CCN(CC=C)NC(N)=S. The van der Waals surface area contributed by atoms with Crippen LogP contribution in [0.25, 0.3) is 0 Å². The van der Waals surface area contributed by atoms with Crippen LogP contribution in [-0.2, 0) is 0 Å². The number of rotatable bonds is 5. The maximum Gasteiger partial charge on any atom is 0.178 e. The highest BCUT2D eigenvalue weighted by molar-refractivity contribution is 7.80. The lowest BCUT2D eigenvalue weighted by atomic mass is 10.5. The summed E-state index contributed by atoms with van der Waals surface area (Å²) in [6.45, 7) is 8.55. The van der Waals surface area contributed by atoms with E-state index >= 15 is 0 Å². The van der Waals surface area contributed by atoms with Gasteiger partial charge in [-0.3, -0.25) is 5.43 Å². The number of nitrogens with zero attached hydrogens (tertiary/aromatic N) is 1. The van der Waals surface area contributed by atoms with Gasteiger partial charge in [0, 0.05) is 13.1 Å². The summed E-state index contributed by atoms with van der Waals surface area (Å²) in [5, 5.41) is 2.07. The standard InChI is InChI=1S/C7H13N3S/c1-3-5-10(6-4-2)9-7(8)11/h3-4H,1-2,5-6H2,(H3,8,9,11). The van der Waals surface area contributed by atoms with Crippen molar-refractivity contribution in [2.24, 2.45) is 5.73 Å². The zero-order valence-electron chi connectivity index (χ0n) is 6.42. The Bertz CT molecular complexity index is 146. The molecule has 3 nitrogen and oxygen atoms in total. The Labute approximate surface area is 72.5 Å². The van der Waals surface area contributed by atoms with Crippen molar-refractivity contribution < 1.29 is 0 Å². The molecule has 0 amide bonds. The molecule has 0 heterocycles. The molecular weight excluding hydrogens is 158 g/mol. The zero-order valence-corrected chi connectivity index (χ0v) is 7.23. The summed E-state index contributed by atoms with van der Waals surface area (Å²) >= 11 is 4.66. The molecule has 0 spiro atoms. The fraction of sp³-hybridized carbons (Fsp3) is 0.286. The van der Waals surface area contributed by atoms with Crippen LogP contribution in [0.5, 0.6) is 0 Å². The van der Waals surface area contributed by atoms with Crippen molar-refractivity contribution in [3.05, 3.63) is 25.3 Å². The molecule has 0 bridgehead atoms. The van der Waals surface area contributed by atoms with Gasteiger partial charge in [-0.25, -0.2) is 5.01 Å². The first-order valence-corrected chi connectivity index (χ1v) is 3.64. The van der Waals surface area contributed by atoms with Crippen LogP contribution in [0.15, 0.2) is 25.3 Å². The van der Waals surface area contributed by atoms with E-state index in [1.165, 1.54) is 0 Å². The van der Waals surface area contributed by atoms with Gasteiger partial charge >= 0.3 is 0 Å². The lowest BCUT2D eigenvalue weighted by Gasteiger charge is -2.19. The molecule has 0 rings (SSSR count). The van der Waals surface area contributed by atoms with E-state index in [-0.39, 0.29) is 5.11 Å². The molecule has 0 aliphatic carbocycles. The van der Waals surface area contributed by atoms with E-state index < -0.39 is 0 Å². The van der Waals surface area contributed by atoms with Gasteiger partial charge in [-0.2, -0.15) is 0 Å². The fourth-order valence-electron chi connectivity index (χ4n) is 0.633. The molecule has 0 saturated carbocycles. The predicted octanol–water partition coefficient (Wildman–Crippen LogP) is 0.409. The first-order valence-electron chi connectivity index (χ1n) is 3.23. The van der Waals surface area contributed by atoms with E-state index in [1.807, 2.05) is 5.01 Å². The number of hydrogen-bond donors (Lipinski definition) is 2. The molecule has 0 aromatic rings. The third-order valence-electron chi connectivity index (χ3n) is 0.967. The van der Waals surface area contributed by atoms with E-state index in [1.54, 1.807) is 12.2 Å². The first kappa shape index (κ1) is 10.1. The molecular formula is C7H13N3S. The Hall–Kier alpha value is -0.870. The lowest BCUT2D eigenvalue weighted by molar-refractivity contribution is 0.293. The molecule has 0 aliphatic rings. The van der Waals surface area contributed by atoms with Crippen molar-refractivity contribution in [3.8, 4) is 0 Å². The van der Waals surface area contributed by atoms with Crippen molar-refractivity contribution in [1.82, 2.24) is 10.4 Å². The number of nitrogens with one attached hydrogen (secondary N) is 1. The Morgan fingerprint density at radius 3 is 2.18 bits per heavy atom. The summed E-state index contributed by atoms with van der Waals surface area (Å²) < 4.78 is 0. The van der Waals surface area contributed by atoms with Gasteiger partial charge in [-0.1, -0.05) is 12.2 Å². The summed E-state index contributed by atoms with van der Waals surface area (Å²) in [6.07, 6.45) is 3.52. The maximum atomic E-state index is 5.26. The topological polar surface area (TPSA) is 41.3 Å². The van der Waals surface area contributed by atoms with E-state index in [9.17, 15) is 0 Å². The summed E-state index contributed by atoms with van der Waals surface area (Å²) in [5.41, 5.74) is 8.05. The van der Waals surface area contributed by atoms with Crippen LogP contribution < -0.4 is 11.2 Å². The van der Waals surface area contributed by atoms with Gasteiger partial charge in [0.1, 0.15) is 0 Å². The van der Waals surface area contributed by atoms with E-state index in [2.05, 4.69) is 30.8 Å². The Kier molecular flexibility index (Phi) is 5.42. The quantitative estimate of drug-likeness (QED) is 0.357. The van der Waals surface area contributed by atoms with Crippen LogP contribution in [0.1, 0.15) is 0 Å². The molecule has 0 fully saturated rings. The molecule has 0 aromatic carbocycles. The molecule has 62 valence electrons. The van der Waals surface area contributed by atoms with Crippen molar-refractivity contribution in [3.63, 3.8) is 0 Å². The van der Waals surface area contributed by atoms with E-state index in [0.29, 0.717) is 13.1 Å². The lowest BCUT2D eigenvalue weighted by Crippen LogP contribution is -2.44. The van der Waals surface area contributed by atoms with Crippen LogP contribution in [0.2, 0.25) is 0 Å². The molecule has 0 aliphatic heterocycles. The Morgan fingerprint density at radius 1 is 1.45 bits per heavy atom. The van der Waals surface area contributed by atoms with Crippen molar-refractivity contribution in [2.45, 2.75) is 0 Å². The second kappa shape index (κ2) is 5.88. The largest absolute Gasteiger partial charge is 0.375 e. The second-order valence-electron chi connectivity index (χ2n) is 1.96. The molecule has 3 N–H and O–H groups in total. The van der Waals surface area contributed by atoms with Crippen molar-refractivity contribution in [2.75, 3.05) is 13.1 Å². The molecule has 0 saturated heterocycles. The monoisotopic (exact) mass is 171 g/mol. The van der Waals surface area contributed by atoms with Gasteiger partial charge in [0.15, 0.2) is 5.11 Å². The highest BCUT2D eigenvalue weighted by atomic mass is 32.1. The van der Waals surface area contributed by atoms with Gasteiger partial charge in [-0.05, 0) is 12.2 Å². The second-order valence-corrected chi connectivity index (χ2v) is 2.40.